The fourth-order valence-electron chi connectivity index (χ4n) is 1.97. The Morgan fingerprint density at radius 3 is 3.00 bits per heavy atom. The lowest BCUT2D eigenvalue weighted by Gasteiger charge is -2.15. The van der Waals surface area contributed by atoms with E-state index >= 15 is 0 Å². The Labute approximate surface area is 97.7 Å². The second-order valence-corrected chi connectivity index (χ2v) is 5.94. The van der Waals surface area contributed by atoms with Crippen LogP contribution >= 0.6 is 0 Å². The summed E-state index contributed by atoms with van der Waals surface area (Å²) in [5.74, 6) is 1.49. The molecule has 1 aliphatic heterocycles. The largest absolute Gasteiger partial charge is 0.309 e. The molecular formula is C12H16FNOS. The van der Waals surface area contributed by atoms with E-state index in [2.05, 4.69) is 12.2 Å². The van der Waals surface area contributed by atoms with Gasteiger partial charge >= 0.3 is 0 Å². The third kappa shape index (κ3) is 2.89. The maximum atomic E-state index is 13.1. The predicted octanol–water partition coefficient (Wildman–Crippen LogP) is 1.85. The van der Waals surface area contributed by atoms with Crippen molar-refractivity contribution in [2.24, 2.45) is 5.92 Å². The molecule has 1 fully saturated rings. The van der Waals surface area contributed by atoms with Crippen LogP contribution in [0.15, 0.2) is 24.3 Å². The van der Waals surface area contributed by atoms with Crippen LogP contribution in [0.25, 0.3) is 0 Å². The molecule has 88 valence electrons. The Hall–Kier alpha value is -0.740. The summed E-state index contributed by atoms with van der Waals surface area (Å²) >= 11 is 0. The first-order valence-corrected chi connectivity index (χ1v) is 6.98. The molecule has 1 heterocycles. The maximum absolute atomic E-state index is 13.1. The van der Waals surface area contributed by atoms with Gasteiger partial charge in [-0.3, -0.25) is 4.21 Å². The monoisotopic (exact) mass is 241 g/mol. The lowest BCUT2D eigenvalue weighted by Crippen LogP contribution is -2.25. The number of hydrogen-bond donors (Lipinski definition) is 1. The van der Waals surface area contributed by atoms with Gasteiger partial charge in [0.05, 0.1) is 0 Å². The summed E-state index contributed by atoms with van der Waals surface area (Å²) in [4.78, 5) is 0. The lowest BCUT2D eigenvalue weighted by molar-refractivity contribution is 0.515. The fourth-order valence-corrected chi connectivity index (χ4v) is 3.54. The maximum Gasteiger partial charge on any atom is 0.123 e. The Morgan fingerprint density at radius 2 is 2.25 bits per heavy atom. The fraction of sp³-hybridized carbons (Fsp3) is 0.500. The van der Waals surface area contributed by atoms with Gasteiger partial charge in [0, 0.05) is 28.3 Å². The number of hydrogen-bond acceptors (Lipinski definition) is 2. The van der Waals surface area contributed by atoms with Crippen molar-refractivity contribution >= 4 is 10.8 Å². The van der Waals surface area contributed by atoms with Crippen molar-refractivity contribution < 1.29 is 8.60 Å². The molecule has 4 heteroatoms. The van der Waals surface area contributed by atoms with Crippen molar-refractivity contribution in [1.29, 1.82) is 0 Å². The minimum atomic E-state index is -0.810. The van der Waals surface area contributed by atoms with E-state index in [-0.39, 0.29) is 11.9 Å². The summed E-state index contributed by atoms with van der Waals surface area (Å²) in [6, 6.07) is 6.55. The van der Waals surface area contributed by atoms with Gasteiger partial charge in [0.25, 0.3) is 0 Å². The van der Waals surface area contributed by atoms with Crippen LogP contribution in [0.1, 0.15) is 18.5 Å². The van der Waals surface area contributed by atoms with E-state index in [1.165, 1.54) is 12.1 Å². The van der Waals surface area contributed by atoms with Crippen LogP contribution in [0.4, 0.5) is 4.39 Å². The smallest absolute Gasteiger partial charge is 0.123 e. The molecule has 0 spiro atoms. The third-order valence-corrected chi connectivity index (χ3v) is 4.43. The molecule has 0 radical (unpaired) electrons. The van der Waals surface area contributed by atoms with Crippen LogP contribution in [0, 0.1) is 11.7 Å². The van der Waals surface area contributed by atoms with Gasteiger partial charge < -0.3 is 5.32 Å². The van der Waals surface area contributed by atoms with Crippen molar-refractivity contribution in [3.63, 3.8) is 0 Å². The molecule has 0 saturated carbocycles. The van der Waals surface area contributed by atoms with Gasteiger partial charge in [-0.1, -0.05) is 19.1 Å². The summed E-state index contributed by atoms with van der Waals surface area (Å²) < 4.78 is 24.8. The van der Waals surface area contributed by atoms with Crippen molar-refractivity contribution in [2.75, 3.05) is 18.1 Å². The second kappa shape index (κ2) is 5.06. The Kier molecular flexibility index (Phi) is 3.71. The zero-order chi connectivity index (χ0) is 11.5. The first-order chi connectivity index (χ1) is 7.65. The van der Waals surface area contributed by atoms with Crippen LogP contribution in [-0.2, 0) is 10.8 Å². The quantitative estimate of drug-likeness (QED) is 0.813. The van der Waals surface area contributed by atoms with Crippen LogP contribution < -0.4 is 5.32 Å². The van der Waals surface area contributed by atoms with Gasteiger partial charge in [-0.05, 0) is 30.2 Å². The number of halogens is 1. The highest BCUT2D eigenvalue weighted by Gasteiger charge is 2.21. The highest BCUT2D eigenvalue weighted by molar-refractivity contribution is 7.85. The van der Waals surface area contributed by atoms with Crippen molar-refractivity contribution in [2.45, 2.75) is 13.0 Å². The van der Waals surface area contributed by atoms with E-state index in [0.717, 1.165) is 17.9 Å². The average molecular weight is 241 g/mol. The Balaban J connectivity index is 2.17. The molecular weight excluding hydrogens is 225 g/mol. The average Bonchev–Trinajstić information content (AvgIpc) is 2.39. The van der Waals surface area contributed by atoms with Crippen molar-refractivity contribution in [1.82, 2.24) is 5.32 Å². The summed E-state index contributed by atoms with van der Waals surface area (Å²) in [5, 5.41) is 3.35. The van der Waals surface area contributed by atoms with E-state index in [1.807, 2.05) is 6.07 Å². The SMILES string of the molecule is CC1CNC(c2cccc(F)c2)CS(=O)C1. The number of rotatable bonds is 1. The molecule has 16 heavy (non-hydrogen) atoms. The summed E-state index contributed by atoms with van der Waals surface area (Å²) in [7, 11) is -0.810. The molecule has 1 saturated heterocycles. The minimum Gasteiger partial charge on any atom is -0.309 e. The highest BCUT2D eigenvalue weighted by atomic mass is 32.2. The van der Waals surface area contributed by atoms with Gasteiger partial charge in [-0.15, -0.1) is 0 Å². The normalized spacial score (nSPS) is 31.0. The topological polar surface area (TPSA) is 29.1 Å². The van der Waals surface area contributed by atoms with Gasteiger partial charge in [-0.25, -0.2) is 4.39 Å². The van der Waals surface area contributed by atoms with E-state index in [1.54, 1.807) is 6.07 Å². The molecule has 2 rings (SSSR count). The lowest BCUT2D eigenvalue weighted by atomic mass is 10.1. The van der Waals surface area contributed by atoms with Gasteiger partial charge in [-0.2, -0.15) is 0 Å². The Bertz CT molecular complexity index is 396. The standard InChI is InChI=1S/C12H16FNOS/c1-9-6-14-12(8-16(15)7-9)10-3-2-4-11(13)5-10/h2-5,9,12,14H,6-8H2,1H3. The first kappa shape index (κ1) is 11.7. The molecule has 3 atom stereocenters. The summed E-state index contributed by atoms with van der Waals surface area (Å²) in [6.45, 7) is 2.92. The summed E-state index contributed by atoms with van der Waals surface area (Å²) in [5.41, 5.74) is 0.891. The molecule has 0 aromatic heterocycles. The summed E-state index contributed by atoms with van der Waals surface area (Å²) in [6.07, 6.45) is 0. The molecule has 1 aromatic rings. The Morgan fingerprint density at radius 1 is 1.44 bits per heavy atom. The molecule has 3 unspecified atom stereocenters. The molecule has 0 amide bonds. The van der Waals surface area contributed by atoms with Gasteiger partial charge in [0.15, 0.2) is 0 Å². The van der Waals surface area contributed by atoms with Crippen LogP contribution in [-0.4, -0.2) is 22.3 Å². The van der Waals surface area contributed by atoms with Crippen LogP contribution in [0.5, 0.6) is 0 Å². The van der Waals surface area contributed by atoms with Crippen molar-refractivity contribution in [3.05, 3.63) is 35.6 Å². The molecule has 1 aliphatic rings. The van der Waals surface area contributed by atoms with Crippen LogP contribution in [0.3, 0.4) is 0 Å². The van der Waals surface area contributed by atoms with E-state index < -0.39 is 10.8 Å². The second-order valence-electron chi connectivity index (χ2n) is 4.39. The van der Waals surface area contributed by atoms with Crippen molar-refractivity contribution in [3.8, 4) is 0 Å². The molecule has 0 aliphatic carbocycles. The zero-order valence-corrected chi connectivity index (χ0v) is 10.1. The highest BCUT2D eigenvalue weighted by Crippen LogP contribution is 2.19. The molecule has 1 aromatic carbocycles. The van der Waals surface area contributed by atoms with Crippen LogP contribution in [0.2, 0.25) is 0 Å². The van der Waals surface area contributed by atoms with E-state index in [4.69, 9.17) is 0 Å². The zero-order valence-electron chi connectivity index (χ0n) is 9.28. The number of benzene rings is 1. The molecule has 0 bridgehead atoms. The minimum absolute atomic E-state index is 0.0153. The van der Waals surface area contributed by atoms with Gasteiger partial charge in [0.1, 0.15) is 5.82 Å². The first-order valence-electron chi connectivity index (χ1n) is 5.49. The van der Waals surface area contributed by atoms with E-state index in [0.29, 0.717) is 11.7 Å². The number of nitrogens with one attached hydrogen (secondary N) is 1. The van der Waals surface area contributed by atoms with Gasteiger partial charge in [0.2, 0.25) is 0 Å². The molecule has 1 N–H and O–H groups in total. The predicted molar refractivity (Wildman–Crippen MR) is 64.2 cm³/mol. The third-order valence-electron chi connectivity index (χ3n) is 2.79. The molecule has 2 nitrogen and oxygen atoms in total. The van der Waals surface area contributed by atoms with E-state index in [9.17, 15) is 8.60 Å².